The van der Waals surface area contributed by atoms with Gasteiger partial charge in [-0.1, -0.05) is 24.3 Å². The fourth-order valence-corrected chi connectivity index (χ4v) is 5.33. The number of cyclic esters (lactones) is 2. The van der Waals surface area contributed by atoms with E-state index in [2.05, 4.69) is 4.74 Å². The average molecular weight is 626 g/mol. The van der Waals surface area contributed by atoms with Crippen molar-refractivity contribution < 1.29 is 59.7 Å². The highest BCUT2D eigenvalue weighted by molar-refractivity contribution is 6.24. The van der Waals surface area contributed by atoms with E-state index in [4.69, 9.17) is 9.47 Å². The largest absolute Gasteiger partial charge is 0.457 e. The summed E-state index contributed by atoms with van der Waals surface area (Å²) in [6.45, 7) is 0. The van der Waals surface area contributed by atoms with Gasteiger partial charge < -0.3 is 14.2 Å². The summed E-state index contributed by atoms with van der Waals surface area (Å²) in [7, 11) is 0. The lowest BCUT2D eigenvalue weighted by atomic mass is 9.73. The van der Waals surface area contributed by atoms with Crippen LogP contribution in [0.4, 0.5) is 26.3 Å². The topological polar surface area (TPSA) is 96.0 Å². The molecule has 0 fully saturated rings. The van der Waals surface area contributed by atoms with Crippen LogP contribution in [0.3, 0.4) is 0 Å². The number of alkyl halides is 6. The highest BCUT2D eigenvalue weighted by Gasteiger charge is 2.72. The van der Waals surface area contributed by atoms with E-state index in [-0.39, 0.29) is 57.5 Å². The fraction of sp³-hybridized carbons (Fsp3) is 0.125. The summed E-state index contributed by atoms with van der Waals surface area (Å²) < 4.78 is 103. The Morgan fingerprint density at radius 3 is 1.38 bits per heavy atom. The molecule has 13 heteroatoms. The van der Waals surface area contributed by atoms with Gasteiger partial charge in [0.15, 0.2) is 11.6 Å². The van der Waals surface area contributed by atoms with E-state index in [0.717, 1.165) is 30.3 Å². The Bertz CT molecular complexity index is 1750. The number of carbonyl (C=O) groups is 4. The molecular weight excluding hydrogens is 610 g/mol. The van der Waals surface area contributed by atoms with E-state index in [9.17, 15) is 45.5 Å². The van der Waals surface area contributed by atoms with Gasteiger partial charge in [-0.15, -0.1) is 0 Å². The Kier molecular flexibility index (Phi) is 6.79. The Morgan fingerprint density at radius 2 is 0.889 bits per heavy atom. The van der Waals surface area contributed by atoms with Crippen LogP contribution in [0.25, 0.3) is 0 Å². The molecule has 0 radical (unpaired) electrons. The van der Waals surface area contributed by atoms with Gasteiger partial charge in [0.1, 0.15) is 23.0 Å². The molecule has 1 aliphatic heterocycles. The van der Waals surface area contributed by atoms with E-state index in [1.807, 2.05) is 0 Å². The summed E-state index contributed by atoms with van der Waals surface area (Å²) in [6.07, 6.45) is -12.0. The van der Waals surface area contributed by atoms with Crippen LogP contribution in [0, 0.1) is 0 Å². The van der Waals surface area contributed by atoms with E-state index < -0.39 is 46.6 Å². The maximum atomic E-state index is 14.6. The van der Waals surface area contributed by atoms with E-state index >= 15 is 0 Å². The second-order valence-corrected chi connectivity index (χ2v) is 10.1. The molecule has 0 atom stereocenters. The van der Waals surface area contributed by atoms with Crippen molar-refractivity contribution in [3.8, 4) is 23.0 Å². The van der Waals surface area contributed by atoms with Gasteiger partial charge in [-0.05, 0) is 71.8 Å². The van der Waals surface area contributed by atoms with Gasteiger partial charge in [0.25, 0.3) is 0 Å². The predicted molar refractivity (Wildman–Crippen MR) is 142 cm³/mol. The zero-order valence-electron chi connectivity index (χ0n) is 22.4. The van der Waals surface area contributed by atoms with Crippen LogP contribution < -0.4 is 9.47 Å². The van der Waals surface area contributed by atoms with Crippen LogP contribution in [-0.4, -0.2) is 35.9 Å². The van der Waals surface area contributed by atoms with Gasteiger partial charge in [-0.2, -0.15) is 26.3 Å². The number of hydrogen-bond donors (Lipinski definition) is 0. The first-order chi connectivity index (χ1) is 21.2. The van der Waals surface area contributed by atoms with E-state index in [1.54, 1.807) is 0 Å². The molecule has 228 valence electrons. The lowest BCUT2D eigenvalue weighted by Gasteiger charge is -2.38. The standard InChI is InChI=1S/C32H16F6O7/c33-31(34,35)30(32(36,37)38,16-1-5-18(6-2-16)43-20-9-11-22-24(13-20)27(40)15-26(22)39)17-3-7-19(8-4-17)44-21-10-12-23-25(14-21)29(42)45-28(23)41/h1-14H,15H2. The monoisotopic (exact) mass is 626 g/mol. The molecule has 0 aromatic heterocycles. The number of ether oxygens (including phenoxy) is 3. The molecule has 0 unspecified atom stereocenters. The number of fused-ring (bicyclic) bond motifs is 2. The van der Waals surface area contributed by atoms with Crippen LogP contribution in [0.15, 0.2) is 84.9 Å². The third-order valence-corrected chi connectivity index (χ3v) is 7.43. The van der Waals surface area contributed by atoms with Gasteiger partial charge in [0.2, 0.25) is 5.41 Å². The van der Waals surface area contributed by atoms with Crippen molar-refractivity contribution in [1.29, 1.82) is 0 Å². The predicted octanol–water partition coefficient (Wildman–Crippen LogP) is 7.76. The highest BCUT2D eigenvalue weighted by atomic mass is 19.4. The van der Waals surface area contributed by atoms with Gasteiger partial charge in [0, 0.05) is 11.1 Å². The Hall–Kier alpha value is -5.46. The summed E-state index contributed by atoms with van der Waals surface area (Å²) in [6, 6.07) is 13.9. The minimum Gasteiger partial charge on any atom is -0.457 e. The number of esters is 2. The smallest absolute Gasteiger partial charge is 0.411 e. The van der Waals surface area contributed by atoms with Crippen LogP contribution in [-0.2, 0) is 10.2 Å². The molecule has 0 saturated heterocycles. The van der Waals surface area contributed by atoms with E-state index in [0.29, 0.717) is 24.3 Å². The molecule has 0 amide bonds. The molecule has 0 saturated carbocycles. The molecule has 1 aliphatic carbocycles. The Morgan fingerprint density at radius 1 is 0.489 bits per heavy atom. The maximum absolute atomic E-state index is 14.6. The SMILES string of the molecule is O=C1CC(=O)c2cc(Oc3ccc(C(c4ccc(Oc5ccc6c(c5)C(=O)OC6=O)cc4)(C(F)(F)F)C(F)(F)F)cc3)ccc21. The molecule has 0 spiro atoms. The van der Waals surface area contributed by atoms with Crippen LogP contribution >= 0.6 is 0 Å². The molecule has 2 aliphatic rings. The number of halogens is 6. The highest BCUT2D eigenvalue weighted by Crippen LogP contribution is 2.56. The second-order valence-electron chi connectivity index (χ2n) is 10.1. The molecule has 6 rings (SSSR count). The first kappa shape index (κ1) is 29.6. The van der Waals surface area contributed by atoms with Crippen molar-refractivity contribution >= 4 is 23.5 Å². The van der Waals surface area contributed by atoms with Gasteiger partial charge >= 0.3 is 24.3 Å². The Balaban J connectivity index is 1.31. The van der Waals surface area contributed by atoms with Crippen molar-refractivity contribution in [2.24, 2.45) is 0 Å². The zero-order valence-corrected chi connectivity index (χ0v) is 22.4. The minimum absolute atomic E-state index is 0.0130. The summed E-state index contributed by atoms with van der Waals surface area (Å²) in [4.78, 5) is 47.3. The number of carbonyl (C=O) groups excluding carboxylic acids is 4. The number of rotatable bonds is 6. The molecule has 1 heterocycles. The van der Waals surface area contributed by atoms with Crippen molar-refractivity contribution in [2.45, 2.75) is 24.2 Å². The van der Waals surface area contributed by atoms with E-state index in [1.165, 1.54) is 30.3 Å². The number of Topliss-reactive ketones (excluding diaryl/α,β-unsaturated/α-hetero) is 2. The van der Waals surface area contributed by atoms with Gasteiger partial charge in [-0.25, -0.2) is 9.59 Å². The molecule has 4 aromatic rings. The average Bonchev–Trinajstić information content (AvgIpc) is 3.41. The van der Waals surface area contributed by atoms with Crippen molar-refractivity contribution in [2.75, 3.05) is 0 Å². The van der Waals surface area contributed by atoms with Gasteiger partial charge in [0.05, 0.1) is 17.5 Å². The summed E-state index contributed by atoms with van der Waals surface area (Å²) in [5, 5.41) is 0. The normalized spacial score (nSPS) is 14.7. The molecule has 0 N–H and O–H groups in total. The second kappa shape index (κ2) is 10.3. The summed E-state index contributed by atoms with van der Waals surface area (Å²) in [5.41, 5.74) is -6.54. The number of hydrogen-bond acceptors (Lipinski definition) is 7. The summed E-state index contributed by atoms with van der Waals surface area (Å²) in [5.74, 6) is -2.80. The molecule has 4 aromatic carbocycles. The Labute approximate surface area is 248 Å². The van der Waals surface area contributed by atoms with Crippen LogP contribution in [0.1, 0.15) is 59.0 Å². The molecular formula is C32H16F6O7. The van der Waals surface area contributed by atoms with Crippen LogP contribution in [0.5, 0.6) is 23.0 Å². The molecule has 45 heavy (non-hydrogen) atoms. The molecule has 7 nitrogen and oxygen atoms in total. The zero-order chi connectivity index (χ0) is 32.3. The number of benzene rings is 4. The van der Waals surface area contributed by atoms with Crippen LogP contribution in [0.2, 0.25) is 0 Å². The minimum atomic E-state index is -5.85. The third kappa shape index (κ3) is 4.89. The first-order valence-corrected chi connectivity index (χ1v) is 13.0. The maximum Gasteiger partial charge on any atom is 0.411 e. The van der Waals surface area contributed by atoms with Crippen molar-refractivity contribution in [3.63, 3.8) is 0 Å². The third-order valence-electron chi connectivity index (χ3n) is 7.43. The first-order valence-electron chi connectivity index (χ1n) is 13.0. The lowest BCUT2D eigenvalue weighted by molar-refractivity contribution is -0.288. The van der Waals surface area contributed by atoms with Crippen molar-refractivity contribution in [3.05, 3.63) is 118 Å². The lowest BCUT2D eigenvalue weighted by Crippen LogP contribution is -2.54. The number of ketones is 2. The quantitative estimate of drug-likeness (QED) is 0.123. The molecule has 0 bridgehead atoms. The fourth-order valence-electron chi connectivity index (χ4n) is 5.33. The van der Waals surface area contributed by atoms with Crippen molar-refractivity contribution in [1.82, 2.24) is 0 Å². The summed E-state index contributed by atoms with van der Waals surface area (Å²) >= 11 is 0. The van der Waals surface area contributed by atoms with Gasteiger partial charge in [-0.3, -0.25) is 9.59 Å².